The first-order valence-corrected chi connectivity index (χ1v) is 4.94. The first-order valence-electron chi connectivity index (χ1n) is 4.94. The summed E-state index contributed by atoms with van der Waals surface area (Å²) in [5.41, 5.74) is 2.62. The third-order valence-electron chi connectivity index (χ3n) is 1.25. The summed E-state index contributed by atoms with van der Waals surface area (Å²) in [4.78, 5) is 0. The monoisotopic (exact) mass is 194 g/mol. The highest BCUT2D eigenvalue weighted by molar-refractivity contribution is 5.51. The Labute approximate surface area is 88.1 Å². The van der Waals surface area contributed by atoms with Crippen LogP contribution in [-0.2, 0) is 0 Å². The molecule has 0 saturated carbocycles. The van der Waals surface area contributed by atoms with Crippen molar-refractivity contribution in [1.82, 2.24) is 0 Å². The SMILES string of the molecule is CC.CC(C)=Cc1ccccc1.CO. The first kappa shape index (κ1) is 15.4. The van der Waals surface area contributed by atoms with Crippen molar-refractivity contribution in [1.29, 1.82) is 0 Å². The molecule has 0 radical (unpaired) electrons. The molecule has 0 amide bonds. The molecule has 0 aliphatic rings. The molecule has 0 unspecified atom stereocenters. The summed E-state index contributed by atoms with van der Waals surface area (Å²) in [6.45, 7) is 8.21. The van der Waals surface area contributed by atoms with E-state index in [9.17, 15) is 0 Å². The molecule has 0 spiro atoms. The predicted octanol–water partition coefficient (Wildman–Crippen LogP) is 3.74. The number of hydrogen-bond acceptors (Lipinski definition) is 1. The molecule has 1 N–H and O–H groups in total. The fraction of sp³-hybridized carbons (Fsp3) is 0.385. The van der Waals surface area contributed by atoms with Crippen LogP contribution in [-0.4, -0.2) is 12.2 Å². The number of hydrogen-bond donors (Lipinski definition) is 1. The van der Waals surface area contributed by atoms with Crippen LogP contribution in [0.3, 0.4) is 0 Å². The van der Waals surface area contributed by atoms with E-state index >= 15 is 0 Å². The number of aliphatic hydroxyl groups is 1. The molecule has 0 bridgehead atoms. The van der Waals surface area contributed by atoms with E-state index in [0.717, 1.165) is 7.11 Å². The van der Waals surface area contributed by atoms with Crippen LogP contribution in [0.25, 0.3) is 6.08 Å². The minimum absolute atomic E-state index is 1.00. The van der Waals surface area contributed by atoms with Gasteiger partial charge in [-0.15, -0.1) is 0 Å². The van der Waals surface area contributed by atoms with Crippen molar-refractivity contribution in [2.24, 2.45) is 0 Å². The van der Waals surface area contributed by atoms with E-state index in [4.69, 9.17) is 5.11 Å². The number of rotatable bonds is 1. The second-order valence-corrected chi connectivity index (χ2v) is 2.63. The summed E-state index contributed by atoms with van der Waals surface area (Å²) in [6.07, 6.45) is 2.17. The fourth-order valence-corrected chi connectivity index (χ4v) is 0.883. The molecule has 1 rings (SSSR count). The molecule has 0 aliphatic heterocycles. The van der Waals surface area contributed by atoms with Crippen LogP contribution in [0.1, 0.15) is 33.3 Å². The van der Waals surface area contributed by atoms with Crippen molar-refractivity contribution in [3.63, 3.8) is 0 Å². The molecule has 14 heavy (non-hydrogen) atoms. The maximum atomic E-state index is 7.00. The fourth-order valence-electron chi connectivity index (χ4n) is 0.883. The van der Waals surface area contributed by atoms with E-state index in [1.165, 1.54) is 11.1 Å². The van der Waals surface area contributed by atoms with Gasteiger partial charge in [-0.2, -0.15) is 0 Å². The molecule has 1 aromatic carbocycles. The number of allylic oxidation sites excluding steroid dienone is 1. The highest BCUT2D eigenvalue weighted by Crippen LogP contribution is 2.04. The standard InChI is InChI=1S/C10H12.C2H6.CH4O/c1-9(2)8-10-6-4-3-5-7-10;2*1-2/h3-8H,1-2H3;1-2H3;2H,1H3. The van der Waals surface area contributed by atoms with Gasteiger partial charge in [-0.25, -0.2) is 0 Å². The second-order valence-electron chi connectivity index (χ2n) is 2.63. The zero-order chi connectivity index (χ0) is 11.4. The van der Waals surface area contributed by atoms with Gasteiger partial charge in [0.05, 0.1) is 0 Å². The lowest BCUT2D eigenvalue weighted by Crippen LogP contribution is -1.69. The summed E-state index contributed by atoms with van der Waals surface area (Å²) in [6, 6.07) is 10.3. The molecule has 0 atom stereocenters. The smallest absolute Gasteiger partial charge is 0.0319 e. The Morgan fingerprint density at radius 1 is 1.00 bits per heavy atom. The zero-order valence-corrected chi connectivity index (χ0v) is 9.91. The third kappa shape index (κ3) is 9.01. The van der Waals surface area contributed by atoms with Crippen LogP contribution < -0.4 is 0 Å². The molecule has 0 saturated heterocycles. The minimum atomic E-state index is 1.00. The lowest BCUT2D eigenvalue weighted by molar-refractivity contribution is 0.399. The van der Waals surface area contributed by atoms with Gasteiger partial charge in [-0.3, -0.25) is 0 Å². The van der Waals surface area contributed by atoms with E-state index in [-0.39, 0.29) is 0 Å². The van der Waals surface area contributed by atoms with Crippen molar-refractivity contribution in [2.45, 2.75) is 27.7 Å². The Morgan fingerprint density at radius 2 is 1.43 bits per heavy atom. The van der Waals surface area contributed by atoms with Gasteiger partial charge >= 0.3 is 0 Å². The van der Waals surface area contributed by atoms with E-state index in [2.05, 4.69) is 44.2 Å². The van der Waals surface area contributed by atoms with E-state index < -0.39 is 0 Å². The Balaban J connectivity index is 0. The molecule has 80 valence electrons. The van der Waals surface area contributed by atoms with Crippen LogP contribution in [0.2, 0.25) is 0 Å². The van der Waals surface area contributed by atoms with Gasteiger partial charge in [-0.1, -0.05) is 55.8 Å². The van der Waals surface area contributed by atoms with Crippen molar-refractivity contribution < 1.29 is 5.11 Å². The predicted molar refractivity (Wildman–Crippen MR) is 65.3 cm³/mol. The minimum Gasteiger partial charge on any atom is -0.400 e. The highest BCUT2D eigenvalue weighted by atomic mass is 16.2. The summed E-state index contributed by atoms with van der Waals surface area (Å²) in [7, 11) is 1.00. The van der Waals surface area contributed by atoms with Gasteiger partial charge in [-0.05, 0) is 19.4 Å². The molecule has 1 aromatic rings. The molecule has 0 heterocycles. The summed E-state index contributed by atoms with van der Waals surface area (Å²) >= 11 is 0. The Morgan fingerprint density at radius 3 is 1.79 bits per heavy atom. The largest absolute Gasteiger partial charge is 0.400 e. The van der Waals surface area contributed by atoms with Crippen LogP contribution in [0, 0.1) is 0 Å². The van der Waals surface area contributed by atoms with Crippen LogP contribution in [0.4, 0.5) is 0 Å². The van der Waals surface area contributed by atoms with Crippen molar-refractivity contribution in [2.75, 3.05) is 7.11 Å². The van der Waals surface area contributed by atoms with Gasteiger partial charge in [0.15, 0.2) is 0 Å². The lowest BCUT2D eigenvalue weighted by Gasteiger charge is -1.91. The van der Waals surface area contributed by atoms with Gasteiger partial charge in [0.2, 0.25) is 0 Å². The van der Waals surface area contributed by atoms with Crippen LogP contribution in [0.5, 0.6) is 0 Å². The molecule has 0 aromatic heterocycles. The summed E-state index contributed by atoms with van der Waals surface area (Å²) in [5.74, 6) is 0. The number of aliphatic hydroxyl groups excluding tert-OH is 1. The van der Waals surface area contributed by atoms with E-state index in [0.29, 0.717) is 0 Å². The Hall–Kier alpha value is -1.08. The van der Waals surface area contributed by atoms with Crippen molar-refractivity contribution in [3.8, 4) is 0 Å². The third-order valence-corrected chi connectivity index (χ3v) is 1.25. The zero-order valence-electron chi connectivity index (χ0n) is 9.91. The maximum Gasteiger partial charge on any atom is 0.0319 e. The molecule has 0 aliphatic carbocycles. The average molecular weight is 194 g/mol. The molecular formula is C13H22O. The Bertz CT molecular complexity index is 220. The van der Waals surface area contributed by atoms with E-state index in [1.807, 2.05) is 19.9 Å². The van der Waals surface area contributed by atoms with Gasteiger partial charge in [0.1, 0.15) is 0 Å². The first-order chi connectivity index (χ1) is 6.79. The van der Waals surface area contributed by atoms with Crippen molar-refractivity contribution >= 4 is 6.08 Å². The summed E-state index contributed by atoms with van der Waals surface area (Å²) in [5, 5.41) is 7.00. The van der Waals surface area contributed by atoms with Crippen LogP contribution in [0.15, 0.2) is 35.9 Å². The molecular weight excluding hydrogens is 172 g/mol. The van der Waals surface area contributed by atoms with Gasteiger partial charge in [0, 0.05) is 7.11 Å². The Kier molecular flexibility index (Phi) is 13.1. The maximum absolute atomic E-state index is 7.00. The molecule has 1 heteroatoms. The highest BCUT2D eigenvalue weighted by Gasteiger charge is 1.82. The van der Waals surface area contributed by atoms with Crippen LogP contribution >= 0.6 is 0 Å². The quantitative estimate of drug-likeness (QED) is 0.722. The van der Waals surface area contributed by atoms with Gasteiger partial charge < -0.3 is 5.11 Å². The molecule has 1 nitrogen and oxygen atoms in total. The number of benzene rings is 1. The lowest BCUT2D eigenvalue weighted by atomic mass is 10.2. The second kappa shape index (κ2) is 11.9. The average Bonchev–Trinajstić information content (AvgIpc) is 2.24. The summed E-state index contributed by atoms with van der Waals surface area (Å²) < 4.78 is 0. The van der Waals surface area contributed by atoms with Crippen molar-refractivity contribution in [3.05, 3.63) is 41.5 Å². The van der Waals surface area contributed by atoms with Gasteiger partial charge in [0.25, 0.3) is 0 Å². The molecule has 0 fully saturated rings. The topological polar surface area (TPSA) is 20.2 Å². The normalized spacial score (nSPS) is 7.29. The van der Waals surface area contributed by atoms with E-state index in [1.54, 1.807) is 0 Å².